The summed E-state index contributed by atoms with van der Waals surface area (Å²) in [6.07, 6.45) is 4.41. The van der Waals surface area contributed by atoms with Crippen molar-refractivity contribution in [3.05, 3.63) is 59.2 Å². The Hall–Kier alpha value is -3.06. The van der Waals surface area contributed by atoms with E-state index in [0.29, 0.717) is 25.2 Å². The van der Waals surface area contributed by atoms with E-state index >= 15 is 0 Å². The molecule has 0 bridgehead atoms. The highest BCUT2D eigenvalue weighted by Crippen LogP contribution is 2.30. The minimum absolute atomic E-state index is 0.0921. The molecule has 0 saturated carbocycles. The third kappa shape index (κ3) is 6.71. The van der Waals surface area contributed by atoms with E-state index in [1.165, 1.54) is 31.0 Å². The van der Waals surface area contributed by atoms with Gasteiger partial charge in [-0.3, -0.25) is 4.79 Å². The Balaban J connectivity index is 1.78. The fraction of sp³-hybridized carbons (Fsp3) is 0.462. The molecule has 2 aromatic carbocycles. The van der Waals surface area contributed by atoms with E-state index in [0.717, 1.165) is 18.7 Å². The number of amides is 1. The number of carbonyl (C=O) groups excluding carboxylic acids is 1. The Morgan fingerprint density at radius 2 is 1.88 bits per heavy atom. The maximum atomic E-state index is 13.0. The van der Waals surface area contributed by atoms with Gasteiger partial charge in [0.05, 0.1) is 19.1 Å². The number of carbonyl (C=O) groups is 2. The summed E-state index contributed by atoms with van der Waals surface area (Å²) >= 11 is 0. The van der Waals surface area contributed by atoms with Gasteiger partial charge in [-0.05, 0) is 61.9 Å². The van der Waals surface area contributed by atoms with Crippen molar-refractivity contribution in [3.8, 4) is 5.75 Å². The van der Waals surface area contributed by atoms with Crippen LogP contribution in [0, 0.1) is 0 Å². The summed E-state index contributed by atoms with van der Waals surface area (Å²) in [4.78, 5) is 26.8. The number of benzene rings is 2. The van der Waals surface area contributed by atoms with E-state index in [2.05, 4.69) is 22.3 Å². The highest BCUT2D eigenvalue weighted by Gasteiger charge is 2.22. The Morgan fingerprint density at radius 1 is 1.12 bits per heavy atom. The molecule has 1 heterocycles. The zero-order valence-corrected chi connectivity index (χ0v) is 19.5. The van der Waals surface area contributed by atoms with Crippen molar-refractivity contribution in [2.24, 2.45) is 0 Å². The normalized spacial score (nSPS) is 14.5. The SMILES string of the molecule is CCOc1cc(CC(=O)NC(CCOC)c2ccccc2N2CCCCC2)ccc1C(=O)O. The summed E-state index contributed by atoms with van der Waals surface area (Å²) in [5.74, 6) is -0.903. The standard InChI is InChI=1S/C26H34N2O5/c1-3-33-24-17-19(11-12-21(24)26(30)31)18-25(29)27-22(13-16-32-2)20-9-5-6-10-23(20)28-14-7-4-8-15-28/h5-6,9-12,17,22H,3-4,7-8,13-16,18H2,1-2H3,(H,27,29)(H,30,31). The summed E-state index contributed by atoms with van der Waals surface area (Å²) in [6.45, 7) is 4.73. The van der Waals surface area contributed by atoms with Crippen LogP contribution in [-0.4, -0.2) is 50.4 Å². The van der Waals surface area contributed by atoms with Crippen LogP contribution in [0.4, 0.5) is 5.69 Å². The van der Waals surface area contributed by atoms with Gasteiger partial charge in [-0.2, -0.15) is 0 Å². The van der Waals surface area contributed by atoms with Gasteiger partial charge in [0.2, 0.25) is 5.91 Å². The molecule has 0 aliphatic carbocycles. The van der Waals surface area contributed by atoms with Crippen LogP contribution in [0.5, 0.6) is 5.75 Å². The van der Waals surface area contributed by atoms with Gasteiger partial charge in [0.15, 0.2) is 0 Å². The number of anilines is 1. The number of carboxylic acids is 1. The fourth-order valence-electron chi connectivity index (χ4n) is 4.31. The number of piperidine rings is 1. The average molecular weight is 455 g/mol. The smallest absolute Gasteiger partial charge is 0.339 e. The molecule has 7 nitrogen and oxygen atoms in total. The van der Waals surface area contributed by atoms with Crippen LogP contribution in [0.3, 0.4) is 0 Å². The van der Waals surface area contributed by atoms with Gasteiger partial charge < -0.3 is 24.8 Å². The molecule has 0 spiro atoms. The predicted octanol–water partition coefficient (Wildman–Crippen LogP) is 4.21. The molecule has 0 radical (unpaired) electrons. The number of methoxy groups -OCH3 is 1. The number of nitrogens with zero attached hydrogens (tertiary/aromatic N) is 1. The maximum absolute atomic E-state index is 13.0. The number of rotatable bonds is 11. The maximum Gasteiger partial charge on any atom is 0.339 e. The first-order chi connectivity index (χ1) is 16.0. The van der Waals surface area contributed by atoms with Crippen LogP contribution in [0.15, 0.2) is 42.5 Å². The molecule has 33 heavy (non-hydrogen) atoms. The van der Waals surface area contributed by atoms with Crippen molar-refractivity contribution >= 4 is 17.6 Å². The van der Waals surface area contributed by atoms with Crippen molar-refractivity contribution in [3.63, 3.8) is 0 Å². The predicted molar refractivity (Wildman–Crippen MR) is 128 cm³/mol. The average Bonchev–Trinajstić information content (AvgIpc) is 2.82. The van der Waals surface area contributed by atoms with Gasteiger partial charge in [0.1, 0.15) is 11.3 Å². The highest BCUT2D eigenvalue weighted by molar-refractivity contribution is 5.91. The highest BCUT2D eigenvalue weighted by atomic mass is 16.5. The lowest BCUT2D eigenvalue weighted by atomic mass is 9.99. The minimum Gasteiger partial charge on any atom is -0.493 e. The summed E-state index contributed by atoms with van der Waals surface area (Å²) in [6, 6.07) is 12.9. The van der Waals surface area contributed by atoms with Gasteiger partial charge in [-0.15, -0.1) is 0 Å². The van der Waals surface area contributed by atoms with E-state index in [-0.39, 0.29) is 29.7 Å². The third-order valence-corrected chi connectivity index (χ3v) is 5.90. The van der Waals surface area contributed by atoms with E-state index in [4.69, 9.17) is 9.47 Å². The second-order valence-electron chi connectivity index (χ2n) is 8.25. The lowest BCUT2D eigenvalue weighted by Crippen LogP contribution is -2.34. The zero-order chi connectivity index (χ0) is 23.6. The first-order valence-electron chi connectivity index (χ1n) is 11.6. The molecule has 2 aromatic rings. The molecule has 1 saturated heterocycles. The monoisotopic (exact) mass is 454 g/mol. The van der Waals surface area contributed by atoms with Crippen LogP contribution in [0.2, 0.25) is 0 Å². The lowest BCUT2D eigenvalue weighted by molar-refractivity contribution is -0.121. The van der Waals surface area contributed by atoms with Crippen LogP contribution in [0.1, 0.15) is 60.1 Å². The van der Waals surface area contributed by atoms with E-state index in [1.54, 1.807) is 26.2 Å². The van der Waals surface area contributed by atoms with Gasteiger partial charge in [0, 0.05) is 32.5 Å². The number of hydrogen-bond donors (Lipinski definition) is 2. The van der Waals surface area contributed by atoms with Crippen LogP contribution >= 0.6 is 0 Å². The quantitative estimate of drug-likeness (QED) is 0.529. The van der Waals surface area contributed by atoms with Crippen molar-refractivity contribution in [2.75, 3.05) is 38.3 Å². The number of hydrogen-bond acceptors (Lipinski definition) is 5. The zero-order valence-electron chi connectivity index (χ0n) is 19.5. The first kappa shape index (κ1) is 24.6. The summed E-state index contributed by atoms with van der Waals surface area (Å²) in [7, 11) is 1.66. The van der Waals surface area contributed by atoms with E-state index in [1.807, 2.05) is 12.1 Å². The van der Waals surface area contributed by atoms with Crippen molar-refractivity contribution in [2.45, 2.75) is 45.1 Å². The molecule has 3 rings (SSSR count). The molecule has 0 aromatic heterocycles. The number of para-hydroxylation sites is 1. The fourth-order valence-corrected chi connectivity index (χ4v) is 4.31. The second kappa shape index (κ2) is 12.3. The summed E-state index contributed by atoms with van der Waals surface area (Å²) < 4.78 is 10.8. The molecule has 1 amide bonds. The molecular weight excluding hydrogens is 420 g/mol. The number of aromatic carboxylic acids is 1. The molecule has 1 unspecified atom stereocenters. The van der Waals surface area contributed by atoms with Crippen LogP contribution < -0.4 is 15.0 Å². The van der Waals surface area contributed by atoms with Crippen molar-refractivity contribution < 1.29 is 24.2 Å². The Kier molecular flexibility index (Phi) is 9.13. The van der Waals surface area contributed by atoms with Crippen LogP contribution in [0.25, 0.3) is 0 Å². The molecule has 1 atom stereocenters. The Bertz CT molecular complexity index is 940. The topological polar surface area (TPSA) is 88.1 Å². The van der Waals surface area contributed by atoms with Gasteiger partial charge >= 0.3 is 5.97 Å². The Labute approximate surface area is 195 Å². The minimum atomic E-state index is -1.05. The molecule has 2 N–H and O–H groups in total. The van der Waals surface area contributed by atoms with E-state index in [9.17, 15) is 14.7 Å². The Morgan fingerprint density at radius 3 is 2.58 bits per heavy atom. The van der Waals surface area contributed by atoms with Gasteiger partial charge in [-0.1, -0.05) is 24.3 Å². The molecular formula is C26H34N2O5. The van der Waals surface area contributed by atoms with Gasteiger partial charge in [-0.25, -0.2) is 4.79 Å². The number of nitrogens with one attached hydrogen (secondary N) is 1. The molecule has 1 aliphatic heterocycles. The van der Waals surface area contributed by atoms with Crippen molar-refractivity contribution in [1.29, 1.82) is 0 Å². The third-order valence-electron chi connectivity index (χ3n) is 5.90. The largest absolute Gasteiger partial charge is 0.493 e. The summed E-state index contributed by atoms with van der Waals surface area (Å²) in [5.41, 5.74) is 3.06. The lowest BCUT2D eigenvalue weighted by Gasteiger charge is -2.33. The summed E-state index contributed by atoms with van der Waals surface area (Å²) in [5, 5.41) is 12.5. The number of ether oxygens (including phenoxy) is 2. The molecule has 7 heteroatoms. The second-order valence-corrected chi connectivity index (χ2v) is 8.25. The van der Waals surface area contributed by atoms with Gasteiger partial charge in [0.25, 0.3) is 0 Å². The van der Waals surface area contributed by atoms with Crippen LogP contribution in [-0.2, 0) is 16.0 Å². The van der Waals surface area contributed by atoms with Crippen molar-refractivity contribution in [1.82, 2.24) is 5.32 Å². The molecule has 1 aliphatic rings. The molecule has 178 valence electrons. The molecule has 1 fully saturated rings. The first-order valence-corrected chi connectivity index (χ1v) is 11.6. The number of carboxylic acid groups (broad SMARTS) is 1. The van der Waals surface area contributed by atoms with E-state index < -0.39 is 5.97 Å².